The fraction of sp³-hybridized carbons (Fsp3) is 0.423. The van der Waals surface area contributed by atoms with Crippen LogP contribution in [0.5, 0.6) is 5.75 Å². The van der Waals surface area contributed by atoms with Crippen LogP contribution in [-0.4, -0.2) is 29.2 Å². The van der Waals surface area contributed by atoms with Crippen LogP contribution in [0.3, 0.4) is 0 Å². The largest absolute Gasteiger partial charge is 0.489 e. The molecule has 0 bridgehead atoms. The first-order chi connectivity index (χ1) is 15.1. The molecule has 1 aromatic heterocycles. The molecule has 0 aliphatic carbocycles. The molecule has 2 aromatic carbocycles. The first-order valence-electron chi connectivity index (χ1n) is 11.3. The lowest BCUT2D eigenvalue weighted by Crippen LogP contribution is -2.23. The standard InChI is InChI=1S/C26H34ClN3O/c1-3-4-5-6-18-29(2)24-12-15-25(16-13-24)31-26(20-30-19-17-28-21-30)14-9-22-7-10-23(27)11-8-22/h7-8,10-13,15-17,19,21,26H,3-6,9,14,18,20H2,1-2H3. The zero-order valence-corrected chi connectivity index (χ0v) is 19.5. The third-order valence-corrected chi connectivity index (χ3v) is 5.82. The molecule has 1 heterocycles. The van der Waals surface area contributed by atoms with Crippen LogP contribution in [0.15, 0.2) is 67.3 Å². The summed E-state index contributed by atoms with van der Waals surface area (Å²) in [5.74, 6) is 0.907. The van der Waals surface area contributed by atoms with Gasteiger partial charge in [-0.25, -0.2) is 4.98 Å². The summed E-state index contributed by atoms with van der Waals surface area (Å²) in [5.41, 5.74) is 2.50. The molecule has 0 saturated heterocycles. The average Bonchev–Trinajstić information content (AvgIpc) is 3.29. The average molecular weight is 440 g/mol. The molecule has 0 spiro atoms. The van der Waals surface area contributed by atoms with Crippen LogP contribution in [0, 0.1) is 0 Å². The molecule has 0 fully saturated rings. The number of unbranched alkanes of at least 4 members (excludes halogenated alkanes) is 3. The quantitative estimate of drug-likeness (QED) is 0.280. The van der Waals surface area contributed by atoms with Crippen molar-refractivity contribution in [3.8, 4) is 5.75 Å². The molecule has 0 aliphatic heterocycles. The number of anilines is 1. The number of ether oxygens (including phenoxy) is 1. The minimum Gasteiger partial charge on any atom is -0.489 e. The molecule has 5 heteroatoms. The van der Waals surface area contributed by atoms with Gasteiger partial charge in [-0.1, -0.05) is 49.9 Å². The lowest BCUT2D eigenvalue weighted by Gasteiger charge is -2.22. The normalized spacial score (nSPS) is 12.0. The molecule has 0 aliphatic rings. The third kappa shape index (κ3) is 7.95. The van der Waals surface area contributed by atoms with Crippen LogP contribution >= 0.6 is 11.6 Å². The third-order valence-electron chi connectivity index (χ3n) is 5.57. The predicted molar refractivity (Wildman–Crippen MR) is 130 cm³/mol. The van der Waals surface area contributed by atoms with E-state index >= 15 is 0 Å². The second kappa shape index (κ2) is 12.4. The summed E-state index contributed by atoms with van der Waals surface area (Å²) in [7, 11) is 2.16. The first-order valence-corrected chi connectivity index (χ1v) is 11.7. The maximum Gasteiger partial charge on any atom is 0.119 e. The zero-order valence-electron chi connectivity index (χ0n) is 18.7. The van der Waals surface area contributed by atoms with Crippen molar-refractivity contribution in [3.05, 3.63) is 77.8 Å². The van der Waals surface area contributed by atoms with E-state index in [2.05, 4.69) is 64.8 Å². The van der Waals surface area contributed by atoms with E-state index in [0.29, 0.717) is 0 Å². The Morgan fingerprint density at radius 3 is 2.48 bits per heavy atom. The van der Waals surface area contributed by atoms with Gasteiger partial charge in [0.2, 0.25) is 0 Å². The van der Waals surface area contributed by atoms with E-state index < -0.39 is 0 Å². The zero-order chi connectivity index (χ0) is 21.9. The molecule has 1 atom stereocenters. The number of rotatable bonds is 13. The molecular weight excluding hydrogens is 406 g/mol. The lowest BCUT2D eigenvalue weighted by molar-refractivity contribution is 0.170. The van der Waals surface area contributed by atoms with Crippen LogP contribution in [0.2, 0.25) is 5.02 Å². The first kappa shape index (κ1) is 23.2. The van der Waals surface area contributed by atoms with Crippen molar-refractivity contribution in [1.82, 2.24) is 9.55 Å². The topological polar surface area (TPSA) is 30.3 Å². The highest BCUT2D eigenvalue weighted by molar-refractivity contribution is 6.30. The number of aryl methyl sites for hydroxylation is 1. The van der Waals surface area contributed by atoms with E-state index in [1.54, 1.807) is 6.20 Å². The van der Waals surface area contributed by atoms with E-state index in [1.165, 1.54) is 36.9 Å². The summed E-state index contributed by atoms with van der Waals surface area (Å²) < 4.78 is 8.46. The second-order valence-electron chi connectivity index (χ2n) is 8.14. The van der Waals surface area contributed by atoms with Crippen molar-refractivity contribution in [2.75, 3.05) is 18.5 Å². The smallest absolute Gasteiger partial charge is 0.119 e. The Hall–Kier alpha value is -2.46. The highest BCUT2D eigenvalue weighted by Crippen LogP contribution is 2.22. The van der Waals surface area contributed by atoms with Crippen molar-refractivity contribution in [1.29, 1.82) is 0 Å². The van der Waals surface area contributed by atoms with Crippen LogP contribution in [0.1, 0.15) is 44.6 Å². The Kier molecular flexibility index (Phi) is 9.29. The highest BCUT2D eigenvalue weighted by atomic mass is 35.5. The Morgan fingerprint density at radius 1 is 1.03 bits per heavy atom. The van der Waals surface area contributed by atoms with Crippen molar-refractivity contribution in [2.45, 2.75) is 58.1 Å². The molecule has 0 radical (unpaired) electrons. The Bertz CT molecular complexity index is 863. The van der Waals surface area contributed by atoms with Gasteiger partial charge in [0.05, 0.1) is 12.9 Å². The van der Waals surface area contributed by atoms with E-state index in [9.17, 15) is 0 Å². The Balaban J connectivity index is 1.58. The summed E-state index contributed by atoms with van der Waals surface area (Å²) in [6.45, 7) is 4.11. The minimum atomic E-state index is 0.0579. The lowest BCUT2D eigenvalue weighted by atomic mass is 10.1. The van der Waals surface area contributed by atoms with Gasteiger partial charge in [-0.05, 0) is 61.2 Å². The molecule has 3 rings (SSSR count). The van der Waals surface area contributed by atoms with Gasteiger partial charge < -0.3 is 14.2 Å². The van der Waals surface area contributed by atoms with Crippen LogP contribution in [0.4, 0.5) is 5.69 Å². The fourth-order valence-electron chi connectivity index (χ4n) is 3.67. The number of benzene rings is 2. The number of imidazole rings is 1. The van der Waals surface area contributed by atoms with Crippen molar-refractivity contribution in [2.24, 2.45) is 0 Å². The summed E-state index contributed by atoms with van der Waals surface area (Å²) in [6.07, 6.45) is 12.7. The predicted octanol–water partition coefficient (Wildman–Crippen LogP) is 6.63. The molecule has 0 amide bonds. The summed E-state index contributed by atoms with van der Waals surface area (Å²) in [4.78, 5) is 6.49. The van der Waals surface area contributed by atoms with Crippen LogP contribution in [0.25, 0.3) is 0 Å². The van der Waals surface area contributed by atoms with E-state index in [1.807, 2.05) is 24.7 Å². The molecule has 166 valence electrons. The van der Waals surface area contributed by atoms with E-state index in [4.69, 9.17) is 16.3 Å². The maximum absolute atomic E-state index is 6.39. The number of hydrogen-bond donors (Lipinski definition) is 0. The maximum atomic E-state index is 6.39. The van der Waals surface area contributed by atoms with Crippen molar-refractivity contribution in [3.63, 3.8) is 0 Å². The van der Waals surface area contributed by atoms with Crippen molar-refractivity contribution < 1.29 is 4.74 Å². The van der Waals surface area contributed by atoms with Gasteiger partial charge in [-0.2, -0.15) is 0 Å². The van der Waals surface area contributed by atoms with Gasteiger partial charge in [0.1, 0.15) is 11.9 Å². The molecule has 1 unspecified atom stereocenters. The molecule has 0 N–H and O–H groups in total. The van der Waals surface area contributed by atoms with Gasteiger partial charge in [0, 0.05) is 36.7 Å². The van der Waals surface area contributed by atoms with Gasteiger partial charge in [-0.3, -0.25) is 0 Å². The monoisotopic (exact) mass is 439 g/mol. The Labute approximate surface area is 191 Å². The summed E-state index contributed by atoms with van der Waals surface area (Å²) in [5, 5.41) is 0.769. The number of aromatic nitrogens is 2. The van der Waals surface area contributed by atoms with Gasteiger partial charge >= 0.3 is 0 Å². The number of nitrogens with zero attached hydrogens (tertiary/aromatic N) is 3. The van der Waals surface area contributed by atoms with Crippen LogP contribution in [-0.2, 0) is 13.0 Å². The molecule has 3 aromatic rings. The van der Waals surface area contributed by atoms with Gasteiger partial charge in [0.15, 0.2) is 0 Å². The van der Waals surface area contributed by atoms with Crippen molar-refractivity contribution >= 4 is 17.3 Å². The Morgan fingerprint density at radius 2 is 1.81 bits per heavy atom. The van der Waals surface area contributed by atoms with E-state index in [0.717, 1.165) is 36.7 Å². The van der Waals surface area contributed by atoms with Crippen LogP contribution < -0.4 is 9.64 Å². The molecule has 31 heavy (non-hydrogen) atoms. The summed E-state index contributed by atoms with van der Waals surface area (Å²) >= 11 is 6.02. The number of halogens is 1. The fourth-order valence-corrected chi connectivity index (χ4v) is 3.80. The molecular formula is C26H34ClN3O. The second-order valence-corrected chi connectivity index (χ2v) is 8.58. The molecule has 4 nitrogen and oxygen atoms in total. The summed E-state index contributed by atoms with van der Waals surface area (Å²) in [6, 6.07) is 16.5. The number of hydrogen-bond acceptors (Lipinski definition) is 3. The SMILES string of the molecule is CCCCCCN(C)c1ccc(OC(CCc2ccc(Cl)cc2)Cn2ccnc2)cc1. The van der Waals surface area contributed by atoms with E-state index in [-0.39, 0.29) is 6.10 Å². The molecule has 0 saturated carbocycles. The van der Waals surface area contributed by atoms with Gasteiger partial charge in [0.25, 0.3) is 0 Å². The highest BCUT2D eigenvalue weighted by Gasteiger charge is 2.13. The van der Waals surface area contributed by atoms with Gasteiger partial charge in [-0.15, -0.1) is 0 Å². The minimum absolute atomic E-state index is 0.0579.